The maximum atomic E-state index is 13.0. The Balaban J connectivity index is 1.32. The second-order valence-electron chi connectivity index (χ2n) is 9.30. The van der Waals surface area contributed by atoms with Crippen LogP contribution in [-0.2, 0) is 6.54 Å². The number of carbonyl (C=O) groups excluding carboxylic acids is 1. The van der Waals surface area contributed by atoms with Gasteiger partial charge in [-0.2, -0.15) is 0 Å². The number of piperazine rings is 1. The van der Waals surface area contributed by atoms with Crippen LogP contribution in [0.1, 0.15) is 36.7 Å². The molecule has 0 unspecified atom stereocenters. The van der Waals surface area contributed by atoms with E-state index in [0.29, 0.717) is 42.6 Å². The molecule has 0 aliphatic carbocycles. The fourth-order valence-electron chi connectivity index (χ4n) is 4.62. The van der Waals surface area contributed by atoms with Crippen LogP contribution in [0.4, 0.5) is 11.4 Å². The van der Waals surface area contributed by atoms with Gasteiger partial charge >= 0.3 is 0 Å². The Morgan fingerprint density at radius 3 is 2.00 bits per heavy atom. The van der Waals surface area contributed by atoms with Gasteiger partial charge in [-0.3, -0.25) is 15.0 Å². The molecule has 0 atom stereocenters. The molecule has 0 radical (unpaired) electrons. The van der Waals surface area contributed by atoms with Crippen molar-refractivity contribution in [1.82, 2.24) is 10.2 Å². The molecule has 0 saturated carbocycles. The lowest BCUT2D eigenvalue weighted by molar-refractivity contribution is 0.0976. The summed E-state index contributed by atoms with van der Waals surface area (Å²) in [7, 11) is 0. The van der Waals surface area contributed by atoms with Crippen molar-refractivity contribution in [2.24, 2.45) is 0 Å². The van der Waals surface area contributed by atoms with E-state index in [9.17, 15) is 4.79 Å². The Morgan fingerprint density at radius 2 is 1.43 bits per heavy atom. The molecule has 0 bridgehead atoms. The molecule has 1 heterocycles. The number of amides is 1. The molecule has 212 valence electrons. The molecule has 2 N–H and O–H groups in total. The Hall–Kier alpha value is -3.82. The molecular weight excluding hydrogens is 524 g/mol. The highest BCUT2D eigenvalue weighted by molar-refractivity contribution is 7.80. The molecule has 1 amide bonds. The summed E-state index contributed by atoms with van der Waals surface area (Å²) in [6, 6.07) is 22.0. The summed E-state index contributed by atoms with van der Waals surface area (Å²) in [6.45, 7) is 11.9. The lowest BCUT2D eigenvalue weighted by Gasteiger charge is -2.36. The van der Waals surface area contributed by atoms with Gasteiger partial charge in [0.05, 0.1) is 19.8 Å². The molecule has 9 heteroatoms. The summed E-state index contributed by atoms with van der Waals surface area (Å²) in [6.07, 6.45) is 0. The molecule has 4 rings (SSSR count). The first-order valence-electron chi connectivity index (χ1n) is 13.8. The van der Waals surface area contributed by atoms with Crippen LogP contribution in [0.3, 0.4) is 0 Å². The predicted octanol–water partition coefficient (Wildman–Crippen LogP) is 5.33. The average molecular weight is 563 g/mol. The largest absolute Gasteiger partial charge is 0.490 e. The summed E-state index contributed by atoms with van der Waals surface area (Å²) in [5, 5.41) is 6.06. The van der Waals surface area contributed by atoms with Crippen LogP contribution in [0.5, 0.6) is 17.2 Å². The van der Waals surface area contributed by atoms with Crippen LogP contribution >= 0.6 is 12.2 Å². The second-order valence-corrected chi connectivity index (χ2v) is 9.71. The average Bonchev–Trinajstić information content (AvgIpc) is 2.96. The zero-order valence-electron chi connectivity index (χ0n) is 23.4. The molecule has 1 saturated heterocycles. The number of rotatable bonds is 11. The van der Waals surface area contributed by atoms with E-state index in [0.717, 1.165) is 38.4 Å². The van der Waals surface area contributed by atoms with Crippen molar-refractivity contribution in [1.29, 1.82) is 0 Å². The molecule has 40 heavy (non-hydrogen) atoms. The lowest BCUT2D eigenvalue weighted by Crippen LogP contribution is -2.45. The highest BCUT2D eigenvalue weighted by atomic mass is 32.1. The van der Waals surface area contributed by atoms with Crippen molar-refractivity contribution < 1.29 is 19.0 Å². The SMILES string of the molecule is CCOc1cc(C(=O)NC(=S)Nc2ccc(N3CCN(Cc4ccccc4)CC3)cc2)cc(OCC)c1OCC. The summed E-state index contributed by atoms with van der Waals surface area (Å²) < 4.78 is 17.2. The maximum absolute atomic E-state index is 13.0. The normalized spacial score (nSPS) is 13.4. The number of anilines is 2. The quantitative estimate of drug-likeness (QED) is 0.304. The van der Waals surface area contributed by atoms with E-state index >= 15 is 0 Å². The monoisotopic (exact) mass is 562 g/mol. The second kappa shape index (κ2) is 14.5. The first-order chi connectivity index (χ1) is 19.5. The number of carbonyl (C=O) groups is 1. The standard InChI is InChI=1S/C31H38N4O4S/c1-4-37-27-20-24(21-28(38-5-2)29(27)39-6-3)30(36)33-31(40)32-25-12-14-26(15-13-25)35-18-16-34(17-19-35)22-23-10-8-7-9-11-23/h7-15,20-21H,4-6,16-19,22H2,1-3H3,(H2,32,33,36,40). The first-order valence-corrected chi connectivity index (χ1v) is 14.2. The van der Waals surface area contributed by atoms with Crippen LogP contribution in [0.25, 0.3) is 0 Å². The lowest BCUT2D eigenvalue weighted by atomic mass is 10.1. The van der Waals surface area contributed by atoms with E-state index < -0.39 is 0 Å². The van der Waals surface area contributed by atoms with E-state index in [2.05, 4.69) is 62.9 Å². The number of hydrogen-bond donors (Lipinski definition) is 2. The number of hydrogen-bond acceptors (Lipinski definition) is 7. The fraction of sp³-hybridized carbons (Fsp3) is 0.355. The molecule has 1 aliphatic rings. The van der Waals surface area contributed by atoms with Crippen molar-refractivity contribution in [3.8, 4) is 17.2 Å². The van der Waals surface area contributed by atoms with Crippen LogP contribution in [0.2, 0.25) is 0 Å². The summed E-state index contributed by atoms with van der Waals surface area (Å²) >= 11 is 5.43. The smallest absolute Gasteiger partial charge is 0.257 e. The Morgan fingerprint density at radius 1 is 0.825 bits per heavy atom. The molecule has 8 nitrogen and oxygen atoms in total. The van der Waals surface area contributed by atoms with Crippen molar-refractivity contribution in [3.63, 3.8) is 0 Å². The van der Waals surface area contributed by atoms with E-state index in [1.807, 2.05) is 32.9 Å². The highest BCUT2D eigenvalue weighted by Crippen LogP contribution is 2.39. The maximum Gasteiger partial charge on any atom is 0.257 e. The molecule has 3 aromatic rings. The van der Waals surface area contributed by atoms with Gasteiger partial charge in [-0.1, -0.05) is 30.3 Å². The van der Waals surface area contributed by atoms with Crippen LogP contribution in [-0.4, -0.2) is 61.9 Å². The molecule has 0 spiro atoms. The van der Waals surface area contributed by atoms with Crippen molar-refractivity contribution in [3.05, 3.63) is 77.9 Å². The van der Waals surface area contributed by atoms with E-state index in [-0.39, 0.29) is 11.0 Å². The Bertz CT molecular complexity index is 1240. The molecule has 1 fully saturated rings. The van der Waals surface area contributed by atoms with Crippen LogP contribution < -0.4 is 29.7 Å². The third-order valence-electron chi connectivity index (χ3n) is 6.51. The van der Waals surface area contributed by atoms with Gasteiger partial charge in [-0.25, -0.2) is 0 Å². The summed E-state index contributed by atoms with van der Waals surface area (Å²) in [4.78, 5) is 17.9. The molecule has 1 aliphatic heterocycles. The van der Waals surface area contributed by atoms with E-state index in [4.69, 9.17) is 26.4 Å². The van der Waals surface area contributed by atoms with Crippen LogP contribution in [0, 0.1) is 0 Å². The number of benzene rings is 3. The van der Waals surface area contributed by atoms with Gasteiger partial charge in [0, 0.05) is 49.7 Å². The van der Waals surface area contributed by atoms with Gasteiger partial charge in [0.15, 0.2) is 16.6 Å². The highest BCUT2D eigenvalue weighted by Gasteiger charge is 2.20. The number of thiocarbonyl (C=S) groups is 1. The van der Waals surface area contributed by atoms with Crippen molar-refractivity contribution in [2.75, 3.05) is 56.2 Å². The zero-order valence-corrected chi connectivity index (χ0v) is 24.3. The third kappa shape index (κ3) is 7.86. The fourth-order valence-corrected chi connectivity index (χ4v) is 4.83. The van der Waals surface area contributed by atoms with E-state index in [1.165, 1.54) is 11.3 Å². The predicted molar refractivity (Wildman–Crippen MR) is 164 cm³/mol. The third-order valence-corrected chi connectivity index (χ3v) is 6.71. The van der Waals surface area contributed by atoms with Crippen LogP contribution in [0.15, 0.2) is 66.7 Å². The topological polar surface area (TPSA) is 75.3 Å². The first kappa shape index (κ1) is 29.2. The van der Waals surface area contributed by atoms with Gasteiger partial charge in [0.25, 0.3) is 5.91 Å². The van der Waals surface area contributed by atoms with Gasteiger partial charge < -0.3 is 24.4 Å². The Labute approximate surface area is 242 Å². The zero-order chi connectivity index (χ0) is 28.3. The summed E-state index contributed by atoms with van der Waals surface area (Å²) in [5.74, 6) is 1.03. The molecule has 3 aromatic carbocycles. The molecular formula is C31H38N4O4S. The minimum Gasteiger partial charge on any atom is -0.490 e. The van der Waals surface area contributed by atoms with E-state index in [1.54, 1.807) is 12.1 Å². The van der Waals surface area contributed by atoms with Crippen molar-refractivity contribution >= 4 is 34.6 Å². The van der Waals surface area contributed by atoms with Gasteiger partial charge in [-0.05, 0) is 75.0 Å². The number of nitrogens with one attached hydrogen (secondary N) is 2. The number of nitrogens with zero attached hydrogens (tertiary/aromatic N) is 2. The Kier molecular flexibility index (Phi) is 10.6. The van der Waals surface area contributed by atoms with Gasteiger partial charge in [0.2, 0.25) is 5.75 Å². The summed E-state index contributed by atoms with van der Waals surface area (Å²) in [5.41, 5.74) is 3.68. The van der Waals surface area contributed by atoms with Crippen molar-refractivity contribution in [2.45, 2.75) is 27.3 Å². The van der Waals surface area contributed by atoms with Gasteiger partial charge in [-0.15, -0.1) is 0 Å². The minimum absolute atomic E-state index is 0.206. The number of ether oxygens (including phenoxy) is 3. The minimum atomic E-state index is -0.368. The molecule has 0 aromatic heterocycles. The van der Waals surface area contributed by atoms with Gasteiger partial charge in [0.1, 0.15) is 0 Å².